The normalized spacial score (nSPS) is 17.0. The fraction of sp³-hybridized carbons (Fsp3) is 0.393. The first-order valence-electron chi connectivity index (χ1n) is 12.5. The zero-order valence-electron chi connectivity index (χ0n) is 21.8. The molecule has 1 unspecified atom stereocenters. The molecule has 3 aliphatic rings. The maximum Gasteiger partial charge on any atom is 1.00 e. The zero-order chi connectivity index (χ0) is 25.2. The van der Waals surface area contributed by atoms with E-state index in [4.69, 9.17) is 25.2 Å². The minimum absolute atomic E-state index is 0. The van der Waals surface area contributed by atoms with Gasteiger partial charge in [0.25, 0.3) is 0 Å². The van der Waals surface area contributed by atoms with Crippen molar-refractivity contribution in [3.05, 3.63) is 58.9 Å². The third kappa shape index (κ3) is 5.87. The molecule has 2 aromatic carbocycles. The number of fused-ring (bicyclic) bond motifs is 2. The summed E-state index contributed by atoms with van der Waals surface area (Å²) in [4.78, 5) is 22.3. The van der Waals surface area contributed by atoms with Crippen LogP contribution in [-0.2, 0) is 11.2 Å². The number of aryl methyl sites for hydroxylation is 2. The van der Waals surface area contributed by atoms with Crippen LogP contribution in [0.4, 0.5) is 11.6 Å². The van der Waals surface area contributed by atoms with E-state index in [1.807, 2.05) is 6.07 Å². The molecule has 0 aliphatic carbocycles. The van der Waals surface area contributed by atoms with Crippen molar-refractivity contribution in [1.29, 1.82) is 0 Å². The van der Waals surface area contributed by atoms with Gasteiger partial charge in [0.1, 0.15) is 11.5 Å². The molecule has 0 spiro atoms. The second-order valence-electron chi connectivity index (χ2n) is 9.54. The first-order chi connectivity index (χ1) is 17.4. The van der Waals surface area contributed by atoms with Gasteiger partial charge in [0.05, 0.1) is 24.6 Å². The third-order valence-corrected chi connectivity index (χ3v) is 6.96. The van der Waals surface area contributed by atoms with Crippen molar-refractivity contribution >= 4 is 17.6 Å². The molecule has 188 valence electrons. The van der Waals surface area contributed by atoms with Crippen LogP contribution in [0.25, 0.3) is 11.1 Å². The molecule has 37 heavy (non-hydrogen) atoms. The first-order valence-corrected chi connectivity index (χ1v) is 12.5. The van der Waals surface area contributed by atoms with Crippen LogP contribution in [0.15, 0.2) is 36.4 Å². The van der Waals surface area contributed by atoms with Gasteiger partial charge in [-0.05, 0) is 44.7 Å². The van der Waals surface area contributed by atoms with Crippen LogP contribution in [0.3, 0.4) is 0 Å². The Kier molecular flexibility index (Phi) is 8.62. The van der Waals surface area contributed by atoms with Gasteiger partial charge in [0.15, 0.2) is 0 Å². The number of nitrogen functional groups attached to an aromatic ring is 1. The minimum atomic E-state index is -1.05. The van der Waals surface area contributed by atoms with E-state index in [0.717, 1.165) is 65.9 Å². The number of para-hydroxylation sites is 1. The molecule has 0 saturated carbocycles. The van der Waals surface area contributed by atoms with E-state index in [2.05, 4.69) is 36.9 Å². The van der Waals surface area contributed by atoms with E-state index in [1.165, 1.54) is 18.4 Å². The summed E-state index contributed by atoms with van der Waals surface area (Å²) in [5, 5.41) is 10.4. The van der Waals surface area contributed by atoms with Crippen molar-refractivity contribution in [2.75, 3.05) is 36.9 Å². The van der Waals surface area contributed by atoms with E-state index in [9.17, 15) is 9.90 Å². The van der Waals surface area contributed by atoms with Gasteiger partial charge in [-0.25, -0.2) is 9.97 Å². The van der Waals surface area contributed by atoms with Gasteiger partial charge in [0.2, 0.25) is 5.95 Å². The molecule has 1 atom stereocenters. The molecule has 0 radical (unpaired) electrons. The van der Waals surface area contributed by atoms with Gasteiger partial charge in [-0.3, -0.25) is 0 Å². The summed E-state index contributed by atoms with van der Waals surface area (Å²) >= 11 is 0. The Balaban J connectivity index is 0.000000186. The Bertz CT molecular complexity index is 1270. The number of rotatable bonds is 4. The molecule has 8 nitrogen and oxygen atoms in total. The summed E-state index contributed by atoms with van der Waals surface area (Å²) in [7, 11) is 0. The fourth-order valence-corrected chi connectivity index (χ4v) is 5.22. The van der Waals surface area contributed by atoms with E-state index < -0.39 is 5.97 Å². The van der Waals surface area contributed by atoms with Gasteiger partial charge in [-0.15, -0.1) is 0 Å². The average molecular weight is 511 g/mol. The molecule has 1 fully saturated rings. The van der Waals surface area contributed by atoms with Gasteiger partial charge in [-0.2, -0.15) is 0 Å². The van der Waals surface area contributed by atoms with E-state index in [0.29, 0.717) is 18.0 Å². The number of benzene rings is 2. The van der Waals surface area contributed by atoms with Crippen molar-refractivity contribution < 1.29 is 48.9 Å². The number of hydrogen-bond acceptors (Lipinski definition) is 8. The van der Waals surface area contributed by atoms with Crippen molar-refractivity contribution in [2.24, 2.45) is 0 Å². The van der Waals surface area contributed by atoms with E-state index in [1.54, 1.807) is 12.1 Å². The number of carboxylic acids is 1. The third-order valence-electron chi connectivity index (χ3n) is 6.96. The first kappa shape index (κ1) is 27.2. The number of carbonyl (C=O) groups is 1. The van der Waals surface area contributed by atoms with Crippen molar-refractivity contribution in [2.45, 2.75) is 45.4 Å². The number of carboxylic acid groups (broad SMARTS) is 1. The summed E-state index contributed by atoms with van der Waals surface area (Å²) < 4.78 is 11.2. The fourth-order valence-electron chi connectivity index (χ4n) is 5.22. The summed E-state index contributed by atoms with van der Waals surface area (Å²) in [5.41, 5.74) is 12.7. The number of ether oxygens (including phenoxy) is 2. The molecule has 1 aromatic heterocycles. The van der Waals surface area contributed by atoms with E-state index >= 15 is 0 Å². The van der Waals surface area contributed by atoms with Gasteiger partial charge in [0, 0.05) is 59.8 Å². The molecule has 2 N–H and O–H groups in total. The average Bonchev–Trinajstić information content (AvgIpc) is 3.60. The molecular formula is C28H31N4NaO4. The SMILES string of the molecule is Cc1nc(N2CCCC2)nc(C)c1-c1cccc2c1OCC2.Nc1ccc2c(c1)OCC2CC(=O)[O-].[Na+]. The predicted molar refractivity (Wildman–Crippen MR) is 136 cm³/mol. The molecule has 4 heterocycles. The largest absolute Gasteiger partial charge is 1.00 e. The predicted octanol–water partition coefficient (Wildman–Crippen LogP) is 0.184. The molecule has 0 amide bonds. The Morgan fingerprint density at radius 2 is 1.84 bits per heavy atom. The Morgan fingerprint density at radius 3 is 2.54 bits per heavy atom. The minimum Gasteiger partial charge on any atom is -0.550 e. The number of aromatic nitrogens is 2. The van der Waals surface area contributed by atoms with Crippen LogP contribution in [0.2, 0.25) is 0 Å². The Morgan fingerprint density at radius 1 is 1.11 bits per heavy atom. The summed E-state index contributed by atoms with van der Waals surface area (Å²) in [6, 6.07) is 11.6. The van der Waals surface area contributed by atoms with Crippen LogP contribution < -0.4 is 54.8 Å². The van der Waals surface area contributed by atoms with Crippen molar-refractivity contribution in [1.82, 2.24) is 9.97 Å². The van der Waals surface area contributed by atoms with Gasteiger partial charge >= 0.3 is 29.6 Å². The monoisotopic (exact) mass is 510 g/mol. The number of nitrogens with zero attached hydrogens (tertiary/aromatic N) is 3. The number of nitrogens with two attached hydrogens (primary N) is 1. The maximum absolute atomic E-state index is 10.4. The summed E-state index contributed by atoms with van der Waals surface area (Å²) in [6.45, 7) is 7.48. The van der Waals surface area contributed by atoms with Gasteiger partial charge in [-0.1, -0.05) is 24.3 Å². The standard InChI is InChI=1S/C18H21N3O.C10H11NO3.Na/c1-12-16(15-7-5-6-14-8-11-22-17(14)15)13(2)20-18(19-12)21-9-3-4-10-21;11-7-1-2-8-6(3-10(12)13)5-14-9(8)4-7;/h5-7H,3-4,8-11H2,1-2H3;1-2,4,6H,3,5,11H2,(H,12,13);/q;;+1/p-1. The number of anilines is 2. The molecular weight excluding hydrogens is 479 g/mol. The molecule has 3 aliphatic heterocycles. The second-order valence-corrected chi connectivity index (χ2v) is 9.54. The van der Waals surface area contributed by atoms with E-state index in [-0.39, 0.29) is 41.9 Å². The second kappa shape index (κ2) is 11.7. The van der Waals surface area contributed by atoms with Crippen LogP contribution in [0.5, 0.6) is 11.5 Å². The zero-order valence-corrected chi connectivity index (χ0v) is 23.8. The number of carbonyl (C=O) groups excluding carboxylic acids is 1. The number of aliphatic carboxylic acids is 1. The van der Waals surface area contributed by atoms with Crippen LogP contribution >= 0.6 is 0 Å². The topological polar surface area (TPSA) is 114 Å². The van der Waals surface area contributed by atoms with Crippen molar-refractivity contribution in [3.63, 3.8) is 0 Å². The maximum atomic E-state index is 10.4. The molecule has 9 heteroatoms. The van der Waals surface area contributed by atoms with Crippen molar-refractivity contribution in [3.8, 4) is 22.6 Å². The van der Waals surface area contributed by atoms with Gasteiger partial charge < -0.3 is 30.0 Å². The van der Waals surface area contributed by atoms with Crippen LogP contribution in [0.1, 0.15) is 47.7 Å². The Labute approximate surface area is 239 Å². The molecule has 1 saturated heterocycles. The van der Waals surface area contributed by atoms with Crippen LogP contribution in [-0.4, -0.2) is 42.2 Å². The molecule has 6 rings (SSSR count). The summed E-state index contributed by atoms with van der Waals surface area (Å²) in [6.07, 6.45) is 3.47. The molecule has 0 bridgehead atoms. The summed E-state index contributed by atoms with van der Waals surface area (Å²) in [5.74, 6) is 1.44. The van der Waals surface area contributed by atoms with Crippen LogP contribution in [0, 0.1) is 13.8 Å². The number of hydrogen-bond donors (Lipinski definition) is 1. The smallest absolute Gasteiger partial charge is 0.550 e. The quantitative estimate of drug-likeness (QED) is 0.391. The Hall–Kier alpha value is -2.81. The molecule has 3 aromatic rings.